The molecule has 0 saturated heterocycles. The molecule has 8 nitrogen and oxygen atoms in total. The number of alkyl carbamates (subject to hydrolysis) is 1. The molecule has 0 aliphatic heterocycles. The zero-order valence-electron chi connectivity index (χ0n) is 21.6. The maximum Gasteiger partial charge on any atom is 0.408 e. The van der Waals surface area contributed by atoms with Gasteiger partial charge in [0.2, 0.25) is 5.91 Å². The second-order valence-electron chi connectivity index (χ2n) is 9.83. The van der Waals surface area contributed by atoms with Gasteiger partial charge in [-0.25, -0.2) is 4.79 Å². The van der Waals surface area contributed by atoms with Gasteiger partial charge in [-0.15, -0.1) is 0 Å². The highest BCUT2D eigenvalue weighted by molar-refractivity contribution is 7.80. The van der Waals surface area contributed by atoms with Gasteiger partial charge in [-0.2, -0.15) is 12.6 Å². The third kappa shape index (κ3) is 7.16. The number of fused-ring (bicyclic) bond motifs is 1. The van der Waals surface area contributed by atoms with Crippen LogP contribution in [0.5, 0.6) is 5.75 Å². The molecular formula is C28H33N3O5S. The van der Waals surface area contributed by atoms with E-state index in [-0.39, 0.29) is 11.5 Å². The SMILES string of the molecule is Cc1cc(C(C(=O)Nc2ccc3ccccc3c2)N(C)C(=O)C(CS)NC(=O)OC(C)(C)C)ccc1O. The lowest BCUT2D eigenvalue weighted by atomic mass is 10.0. The minimum absolute atomic E-state index is 0.00393. The van der Waals surface area contributed by atoms with E-state index in [1.165, 1.54) is 18.0 Å². The predicted octanol–water partition coefficient (Wildman–Crippen LogP) is 4.82. The average Bonchev–Trinajstić information content (AvgIpc) is 2.83. The first-order valence-corrected chi connectivity index (χ1v) is 12.5. The maximum atomic E-state index is 13.6. The summed E-state index contributed by atoms with van der Waals surface area (Å²) in [7, 11) is 1.49. The van der Waals surface area contributed by atoms with E-state index in [9.17, 15) is 19.5 Å². The summed E-state index contributed by atoms with van der Waals surface area (Å²) >= 11 is 4.24. The maximum absolute atomic E-state index is 13.6. The standard InChI is InChI=1S/C28H33N3O5S/c1-17-14-20(11-13-23(17)32)24(25(33)29-21-12-10-18-8-6-7-9-19(18)15-21)31(5)26(34)22(16-37)30-27(35)36-28(2,3)4/h6-15,22,24,32,37H,16H2,1-5H3,(H,29,33)(H,30,35). The molecule has 0 aliphatic carbocycles. The Bertz CT molecular complexity index is 1300. The summed E-state index contributed by atoms with van der Waals surface area (Å²) < 4.78 is 5.27. The fourth-order valence-corrected chi connectivity index (χ4v) is 4.13. The van der Waals surface area contributed by atoms with Crippen LogP contribution < -0.4 is 10.6 Å². The van der Waals surface area contributed by atoms with Crippen LogP contribution in [0.2, 0.25) is 0 Å². The van der Waals surface area contributed by atoms with Gasteiger partial charge in [0.25, 0.3) is 5.91 Å². The Hall–Kier alpha value is -3.72. The normalized spacial score (nSPS) is 12.9. The van der Waals surface area contributed by atoms with Crippen LogP contribution in [0.4, 0.5) is 10.5 Å². The fraction of sp³-hybridized carbons (Fsp3) is 0.321. The number of phenols is 1. The first-order chi connectivity index (χ1) is 17.4. The molecule has 3 N–H and O–H groups in total. The summed E-state index contributed by atoms with van der Waals surface area (Å²) in [5.74, 6) is -0.904. The number of benzene rings is 3. The van der Waals surface area contributed by atoms with Gasteiger partial charge in [0.05, 0.1) is 0 Å². The minimum Gasteiger partial charge on any atom is -0.508 e. The van der Waals surface area contributed by atoms with Crippen molar-refractivity contribution in [1.82, 2.24) is 10.2 Å². The Morgan fingerprint density at radius 3 is 2.32 bits per heavy atom. The van der Waals surface area contributed by atoms with Crippen molar-refractivity contribution in [3.8, 4) is 5.75 Å². The number of rotatable bonds is 7. The molecule has 0 aromatic heterocycles. The molecule has 0 aliphatic rings. The topological polar surface area (TPSA) is 108 Å². The number of hydrogen-bond acceptors (Lipinski definition) is 6. The number of phenolic OH excluding ortho intramolecular Hbond substituents is 1. The van der Waals surface area contributed by atoms with Crippen LogP contribution in [0.25, 0.3) is 10.8 Å². The average molecular weight is 524 g/mol. The number of aryl methyl sites for hydroxylation is 1. The first-order valence-electron chi connectivity index (χ1n) is 11.9. The van der Waals surface area contributed by atoms with Crippen molar-refractivity contribution in [1.29, 1.82) is 0 Å². The van der Waals surface area contributed by atoms with Gasteiger partial charge in [0.1, 0.15) is 23.4 Å². The molecule has 0 bridgehead atoms. The van der Waals surface area contributed by atoms with E-state index in [0.29, 0.717) is 16.8 Å². The molecule has 0 radical (unpaired) electrons. The molecule has 196 valence electrons. The molecule has 0 heterocycles. The molecule has 0 saturated carbocycles. The van der Waals surface area contributed by atoms with Crippen LogP contribution in [-0.2, 0) is 14.3 Å². The van der Waals surface area contributed by atoms with Crippen LogP contribution in [-0.4, -0.2) is 52.4 Å². The van der Waals surface area contributed by atoms with E-state index < -0.39 is 35.6 Å². The summed E-state index contributed by atoms with van der Waals surface area (Å²) in [5, 5.41) is 17.4. The lowest BCUT2D eigenvalue weighted by Gasteiger charge is -2.31. The first kappa shape index (κ1) is 27.9. The van der Waals surface area contributed by atoms with Crippen LogP contribution in [0, 0.1) is 6.92 Å². The van der Waals surface area contributed by atoms with E-state index in [1.54, 1.807) is 45.9 Å². The quantitative estimate of drug-likeness (QED) is 0.332. The third-order valence-electron chi connectivity index (χ3n) is 5.71. The van der Waals surface area contributed by atoms with Crippen LogP contribution in [0.1, 0.15) is 37.9 Å². The number of nitrogens with one attached hydrogen (secondary N) is 2. The highest BCUT2D eigenvalue weighted by atomic mass is 32.1. The number of likely N-dealkylation sites (N-methyl/N-ethyl adjacent to an activating group) is 1. The van der Waals surface area contributed by atoms with Gasteiger partial charge >= 0.3 is 6.09 Å². The molecule has 2 unspecified atom stereocenters. The van der Waals surface area contributed by atoms with Crippen LogP contribution in [0.15, 0.2) is 60.7 Å². The lowest BCUT2D eigenvalue weighted by molar-refractivity contribution is -0.138. The van der Waals surface area contributed by atoms with Gasteiger partial charge in [0.15, 0.2) is 0 Å². The molecule has 0 spiro atoms. The van der Waals surface area contributed by atoms with Crippen molar-refractivity contribution in [2.75, 3.05) is 18.1 Å². The monoisotopic (exact) mass is 523 g/mol. The van der Waals surface area contributed by atoms with E-state index in [1.807, 2.05) is 36.4 Å². The van der Waals surface area contributed by atoms with E-state index in [4.69, 9.17) is 4.74 Å². The summed E-state index contributed by atoms with van der Waals surface area (Å²) in [6, 6.07) is 16.0. The smallest absolute Gasteiger partial charge is 0.408 e. The summed E-state index contributed by atoms with van der Waals surface area (Å²) in [4.78, 5) is 40.6. The largest absolute Gasteiger partial charge is 0.508 e. The fourth-order valence-electron chi connectivity index (χ4n) is 3.89. The van der Waals surface area contributed by atoms with Crippen molar-refractivity contribution in [3.63, 3.8) is 0 Å². The zero-order valence-corrected chi connectivity index (χ0v) is 22.5. The Morgan fingerprint density at radius 1 is 1.03 bits per heavy atom. The number of ether oxygens (including phenoxy) is 1. The number of carbonyl (C=O) groups excluding carboxylic acids is 3. The zero-order chi connectivity index (χ0) is 27.3. The molecule has 3 amide bonds. The summed E-state index contributed by atoms with van der Waals surface area (Å²) in [5.41, 5.74) is 0.883. The third-order valence-corrected chi connectivity index (χ3v) is 6.07. The molecule has 0 fully saturated rings. The van der Waals surface area contributed by atoms with Crippen LogP contribution >= 0.6 is 12.6 Å². The van der Waals surface area contributed by atoms with Gasteiger partial charge in [-0.3, -0.25) is 9.59 Å². The number of aromatic hydroxyl groups is 1. The van der Waals surface area contributed by atoms with Crippen LogP contribution in [0.3, 0.4) is 0 Å². The molecule has 2 atom stereocenters. The van der Waals surface area contributed by atoms with E-state index in [2.05, 4.69) is 23.3 Å². The minimum atomic E-state index is -1.05. The van der Waals surface area contributed by atoms with Gasteiger partial charge in [0, 0.05) is 18.5 Å². The number of nitrogens with zero attached hydrogens (tertiary/aromatic N) is 1. The Balaban J connectivity index is 1.91. The Kier molecular flexibility index (Phi) is 8.70. The number of amides is 3. The summed E-state index contributed by atoms with van der Waals surface area (Å²) in [6.45, 7) is 6.86. The van der Waals surface area contributed by atoms with Crippen molar-refractivity contribution in [2.24, 2.45) is 0 Å². The van der Waals surface area contributed by atoms with E-state index >= 15 is 0 Å². The molecule has 3 rings (SSSR count). The van der Waals surface area contributed by atoms with Crippen molar-refractivity contribution >= 4 is 47.0 Å². The predicted molar refractivity (Wildman–Crippen MR) is 148 cm³/mol. The van der Waals surface area contributed by atoms with Gasteiger partial charge < -0.3 is 25.4 Å². The van der Waals surface area contributed by atoms with Crippen molar-refractivity contribution in [3.05, 3.63) is 71.8 Å². The summed E-state index contributed by atoms with van der Waals surface area (Å²) in [6.07, 6.45) is -0.758. The number of thiol groups is 1. The number of anilines is 1. The van der Waals surface area contributed by atoms with Crippen molar-refractivity contribution in [2.45, 2.75) is 45.4 Å². The highest BCUT2D eigenvalue weighted by Gasteiger charge is 2.34. The lowest BCUT2D eigenvalue weighted by Crippen LogP contribution is -2.52. The highest BCUT2D eigenvalue weighted by Crippen LogP contribution is 2.28. The Morgan fingerprint density at radius 2 is 1.70 bits per heavy atom. The second kappa shape index (κ2) is 11.6. The van der Waals surface area contributed by atoms with Crippen molar-refractivity contribution < 1.29 is 24.2 Å². The molecule has 3 aromatic carbocycles. The molecule has 9 heteroatoms. The van der Waals surface area contributed by atoms with E-state index in [0.717, 1.165) is 10.8 Å². The molecular weight excluding hydrogens is 490 g/mol. The second-order valence-corrected chi connectivity index (χ2v) is 10.2. The van der Waals surface area contributed by atoms with Gasteiger partial charge in [-0.1, -0.05) is 36.4 Å². The van der Waals surface area contributed by atoms with Gasteiger partial charge in [-0.05, 0) is 73.9 Å². The Labute approximate surface area is 222 Å². The molecule has 3 aromatic rings. The number of hydrogen-bond donors (Lipinski definition) is 4. The number of carbonyl (C=O) groups is 3. The molecule has 37 heavy (non-hydrogen) atoms.